The Morgan fingerprint density at radius 1 is 1.05 bits per heavy atom. The molecule has 0 saturated heterocycles. The van der Waals surface area contributed by atoms with E-state index in [2.05, 4.69) is 6.92 Å². The Labute approximate surface area is 237 Å². The molecule has 1 aromatic rings. The molecule has 4 rings (SSSR count). The molecule has 0 bridgehead atoms. The monoisotopic (exact) mass is 552 g/mol. The van der Waals surface area contributed by atoms with Gasteiger partial charge in [0.2, 0.25) is 0 Å². The standard InChI is InChI=1S/C33H44O7/c1-9-10-11-12-19-13-20(16(2)3)21-14-31(7)15-32(8)24(17(4)5)27(36)22(18(6)34)29(38)33(32,40)30(39)25(31)28(37)23(21)26(19)35/h13,16-17,22,24-25,35,40H,9-12,14-15H2,1-8H3/t22?,24?,25?,31-,32-,33+/m1/s1. The number of Topliss-reactive ketones (excluding diaryl/α,β-unsaturated/α-hetero) is 5. The van der Waals surface area contributed by atoms with Crippen LogP contribution in [0, 0.1) is 34.5 Å². The second-order valence-electron chi connectivity index (χ2n) is 13.8. The number of hydrogen-bond donors (Lipinski definition) is 2. The molecule has 6 atom stereocenters. The van der Waals surface area contributed by atoms with E-state index in [0.717, 1.165) is 31.7 Å². The van der Waals surface area contributed by atoms with E-state index in [-0.39, 0.29) is 36.0 Å². The number of hydrogen-bond acceptors (Lipinski definition) is 7. The minimum atomic E-state index is -2.67. The van der Waals surface area contributed by atoms with Crippen molar-refractivity contribution >= 4 is 28.9 Å². The van der Waals surface area contributed by atoms with E-state index in [9.17, 15) is 34.2 Å². The third-order valence-corrected chi connectivity index (χ3v) is 10.2. The van der Waals surface area contributed by atoms with Gasteiger partial charge in [0.05, 0.1) is 11.5 Å². The van der Waals surface area contributed by atoms with E-state index in [1.807, 2.05) is 26.8 Å². The van der Waals surface area contributed by atoms with Crippen molar-refractivity contribution in [3.8, 4) is 5.75 Å². The minimum absolute atomic E-state index is 0.0524. The largest absolute Gasteiger partial charge is 0.507 e. The summed E-state index contributed by atoms with van der Waals surface area (Å²) < 4.78 is 0. The SMILES string of the molecule is CCCCCc1cc(C(C)C)c2c(c1O)C(=O)C1C(=O)[C@@]3(O)C(=O)C(C(C)=O)C(=O)C(C(C)C)[C@@]3(C)C[C@@]1(C)C2. The van der Waals surface area contributed by atoms with Crippen LogP contribution in [0.3, 0.4) is 0 Å². The fourth-order valence-corrected chi connectivity index (χ4v) is 8.56. The molecule has 2 saturated carbocycles. The second-order valence-corrected chi connectivity index (χ2v) is 13.8. The fraction of sp³-hybridized carbons (Fsp3) is 0.667. The predicted octanol–water partition coefficient (Wildman–Crippen LogP) is 4.95. The van der Waals surface area contributed by atoms with Crippen LogP contribution in [0.15, 0.2) is 6.07 Å². The van der Waals surface area contributed by atoms with Crippen LogP contribution in [-0.4, -0.2) is 44.7 Å². The highest BCUT2D eigenvalue weighted by Crippen LogP contribution is 2.64. The van der Waals surface area contributed by atoms with Gasteiger partial charge in [-0.2, -0.15) is 0 Å². The van der Waals surface area contributed by atoms with Gasteiger partial charge in [-0.15, -0.1) is 0 Å². The number of unbranched alkanes of at least 4 members (excludes halogenated alkanes) is 2. The van der Waals surface area contributed by atoms with E-state index >= 15 is 0 Å². The lowest BCUT2D eigenvalue weighted by Crippen LogP contribution is -2.76. The first-order chi connectivity index (χ1) is 18.5. The quantitative estimate of drug-likeness (QED) is 0.362. The van der Waals surface area contributed by atoms with Crippen LogP contribution in [0.4, 0.5) is 0 Å². The zero-order valence-electron chi connectivity index (χ0n) is 25.1. The highest BCUT2D eigenvalue weighted by atomic mass is 16.3. The molecule has 3 aliphatic rings. The summed E-state index contributed by atoms with van der Waals surface area (Å²) in [6, 6.07) is 1.98. The maximum Gasteiger partial charge on any atom is 0.190 e. The molecule has 0 amide bonds. The lowest BCUT2D eigenvalue weighted by Gasteiger charge is -2.62. The van der Waals surface area contributed by atoms with Gasteiger partial charge < -0.3 is 10.2 Å². The summed E-state index contributed by atoms with van der Waals surface area (Å²) in [5.41, 5.74) is -2.75. The molecule has 2 N–H and O–H groups in total. The summed E-state index contributed by atoms with van der Waals surface area (Å²) in [7, 11) is 0. The Morgan fingerprint density at radius 3 is 2.20 bits per heavy atom. The number of carbonyl (C=O) groups is 5. The number of phenolic OH excluding ortho intramolecular Hbond substituents is 1. The Bertz CT molecular complexity index is 1310. The first-order valence-electron chi connectivity index (χ1n) is 14.8. The van der Waals surface area contributed by atoms with Crippen LogP contribution in [0.5, 0.6) is 5.75 Å². The van der Waals surface area contributed by atoms with Crippen LogP contribution >= 0.6 is 0 Å². The summed E-state index contributed by atoms with van der Waals surface area (Å²) in [5.74, 6) is -8.41. The van der Waals surface area contributed by atoms with Crippen molar-refractivity contribution in [1.29, 1.82) is 0 Å². The molecule has 7 nitrogen and oxygen atoms in total. The van der Waals surface area contributed by atoms with E-state index in [1.165, 1.54) is 0 Å². The molecule has 0 spiro atoms. The number of phenols is 1. The van der Waals surface area contributed by atoms with Gasteiger partial charge in [0.1, 0.15) is 17.5 Å². The number of benzene rings is 1. The summed E-state index contributed by atoms with van der Waals surface area (Å²) in [6.07, 6.45) is 3.77. The number of aromatic hydroxyl groups is 1. The smallest absolute Gasteiger partial charge is 0.190 e. The van der Waals surface area contributed by atoms with E-state index in [4.69, 9.17) is 0 Å². The van der Waals surface area contributed by atoms with Gasteiger partial charge in [-0.25, -0.2) is 0 Å². The Hall–Kier alpha value is -2.67. The topological polar surface area (TPSA) is 126 Å². The lowest BCUT2D eigenvalue weighted by atomic mass is 9.39. The number of ketones is 5. The van der Waals surface area contributed by atoms with E-state index in [0.29, 0.717) is 17.5 Å². The maximum absolute atomic E-state index is 14.4. The Kier molecular flexibility index (Phi) is 7.58. The first kappa shape index (κ1) is 30.3. The molecule has 0 heterocycles. The summed E-state index contributed by atoms with van der Waals surface area (Å²) in [5, 5.41) is 23.5. The van der Waals surface area contributed by atoms with Gasteiger partial charge in [-0.05, 0) is 66.5 Å². The Morgan fingerprint density at radius 2 is 1.68 bits per heavy atom. The molecule has 7 heteroatoms. The van der Waals surface area contributed by atoms with Crippen molar-refractivity contribution in [1.82, 2.24) is 0 Å². The molecular formula is C33H44O7. The van der Waals surface area contributed by atoms with Crippen LogP contribution in [0.1, 0.15) is 114 Å². The fourth-order valence-electron chi connectivity index (χ4n) is 8.56. The third kappa shape index (κ3) is 3.98. The molecule has 1 aromatic carbocycles. The van der Waals surface area contributed by atoms with Crippen molar-refractivity contribution < 1.29 is 34.2 Å². The van der Waals surface area contributed by atoms with Gasteiger partial charge in [0.15, 0.2) is 28.7 Å². The van der Waals surface area contributed by atoms with Crippen LogP contribution < -0.4 is 0 Å². The molecule has 3 aliphatic carbocycles. The van der Waals surface area contributed by atoms with Gasteiger partial charge in [0, 0.05) is 11.3 Å². The van der Waals surface area contributed by atoms with E-state index in [1.54, 1.807) is 20.8 Å². The van der Waals surface area contributed by atoms with Crippen LogP contribution in [0.2, 0.25) is 0 Å². The molecule has 218 valence electrons. The van der Waals surface area contributed by atoms with E-state index < -0.39 is 63.1 Å². The average Bonchev–Trinajstić information content (AvgIpc) is 2.82. The average molecular weight is 553 g/mol. The second kappa shape index (κ2) is 10.0. The van der Waals surface area contributed by atoms with Gasteiger partial charge in [-0.3, -0.25) is 24.0 Å². The van der Waals surface area contributed by atoms with Crippen molar-refractivity contribution in [3.05, 3.63) is 28.3 Å². The summed E-state index contributed by atoms with van der Waals surface area (Å²) in [6.45, 7) is 14.3. The molecule has 0 aliphatic heterocycles. The molecule has 0 aromatic heterocycles. The molecule has 0 radical (unpaired) electrons. The summed E-state index contributed by atoms with van der Waals surface area (Å²) in [4.78, 5) is 68.7. The number of aryl methyl sites for hydroxylation is 1. The maximum atomic E-state index is 14.4. The van der Waals surface area contributed by atoms with Gasteiger partial charge in [0.25, 0.3) is 0 Å². The zero-order valence-corrected chi connectivity index (χ0v) is 25.1. The number of aliphatic hydroxyl groups is 1. The van der Waals surface area contributed by atoms with Crippen LogP contribution in [0.25, 0.3) is 0 Å². The lowest BCUT2D eigenvalue weighted by molar-refractivity contribution is -0.205. The van der Waals surface area contributed by atoms with Gasteiger partial charge in [-0.1, -0.05) is 67.4 Å². The van der Waals surface area contributed by atoms with Crippen molar-refractivity contribution in [2.24, 2.45) is 34.5 Å². The molecule has 40 heavy (non-hydrogen) atoms. The highest BCUT2D eigenvalue weighted by Gasteiger charge is 2.76. The minimum Gasteiger partial charge on any atom is -0.507 e. The third-order valence-electron chi connectivity index (χ3n) is 10.2. The van der Waals surface area contributed by atoms with Gasteiger partial charge >= 0.3 is 0 Å². The molecular weight excluding hydrogens is 508 g/mol. The number of carbonyl (C=O) groups excluding carboxylic acids is 5. The number of rotatable bonds is 7. The Balaban J connectivity index is 1.96. The zero-order chi connectivity index (χ0) is 30.1. The van der Waals surface area contributed by atoms with Crippen LogP contribution in [-0.2, 0) is 32.0 Å². The van der Waals surface area contributed by atoms with Crippen molar-refractivity contribution in [2.75, 3.05) is 0 Å². The molecule has 3 unspecified atom stereocenters. The predicted molar refractivity (Wildman–Crippen MR) is 150 cm³/mol. The van der Waals surface area contributed by atoms with Crippen molar-refractivity contribution in [3.63, 3.8) is 0 Å². The first-order valence-corrected chi connectivity index (χ1v) is 14.8. The highest BCUT2D eigenvalue weighted by molar-refractivity contribution is 6.32. The van der Waals surface area contributed by atoms with Crippen molar-refractivity contribution in [2.45, 2.75) is 105 Å². The normalized spacial score (nSPS) is 33.7. The number of fused-ring (bicyclic) bond motifs is 3. The summed E-state index contributed by atoms with van der Waals surface area (Å²) >= 11 is 0. The molecule has 2 fully saturated rings.